The Labute approximate surface area is 172 Å². The smallest absolute Gasteiger partial charge is 0.248 e. The number of carbonyl (C=O) groups excluding carboxylic acids is 1. The number of morpholine rings is 1. The van der Waals surface area contributed by atoms with E-state index in [2.05, 4.69) is 15.5 Å². The lowest BCUT2D eigenvalue weighted by atomic mass is 10.0. The molecule has 2 unspecified atom stereocenters. The highest BCUT2D eigenvalue weighted by Gasteiger charge is 2.32. The fourth-order valence-corrected chi connectivity index (χ4v) is 3.61. The maximum Gasteiger partial charge on any atom is 0.248 e. The van der Waals surface area contributed by atoms with Crippen LogP contribution in [0.5, 0.6) is 0 Å². The van der Waals surface area contributed by atoms with Crippen molar-refractivity contribution in [3.8, 4) is 0 Å². The number of aromatic nitrogens is 4. The van der Waals surface area contributed by atoms with Crippen molar-refractivity contribution in [2.24, 2.45) is 0 Å². The molecule has 2 aromatic carbocycles. The first-order chi connectivity index (χ1) is 14.1. The summed E-state index contributed by atoms with van der Waals surface area (Å²) in [5, 5.41) is 11.3. The minimum Gasteiger partial charge on any atom is -0.370 e. The van der Waals surface area contributed by atoms with E-state index < -0.39 is 11.9 Å². The third-order valence-corrected chi connectivity index (χ3v) is 5.22. The molecule has 0 spiro atoms. The van der Waals surface area contributed by atoms with E-state index in [0.29, 0.717) is 26.1 Å². The molecule has 0 N–H and O–H groups in total. The highest BCUT2D eigenvalue weighted by atomic mass is 35.5. The van der Waals surface area contributed by atoms with Crippen LogP contribution in [0, 0.1) is 5.82 Å². The molecule has 1 aromatic heterocycles. The maximum absolute atomic E-state index is 13.5. The summed E-state index contributed by atoms with van der Waals surface area (Å²) >= 11 is 5.90. The second kappa shape index (κ2) is 8.67. The summed E-state index contributed by atoms with van der Waals surface area (Å²) < 4.78 is 20.8. The molecule has 1 aliphatic heterocycles. The van der Waals surface area contributed by atoms with Crippen molar-refractivity contribution in [3.63, 3.8) is 0 Å². The normalized spacial score (nSPS) is 17.9. The topological polar surface area (TPSA) is 73.1 Å². The zero-order valence-electron chi connectivity index (χ0n) is 15.5. The summed E-state index contributed by atoms with van der Waals surface area (Å²) in [5.74, 6) is -0.580. The van der Waals surface area contributed by atoms with Gasteiger partial charge in [-0.1, -0.05) is 48.0 Å². The molecule has 2 heterocycles. The molecule has 1 saturated heterocycles. The Morgan fingerprint density at radius 1 is 1.28 bits per heavy atom. The lowest BCUT2D eigenvalue weighted by molar-refractivity contribution is -0.143. The number of amides is 1. The van der Waals surface area contributed by atoms with Crippen molar-refractivity contribution in [1.29, 1.82) is 0 Å². The van der Waals surface area contributed by atoms with Crippen LogP contribution in [0.25, 0.3) is 0 Å². The highest BCUT2D eigenvalue weighted by molar-refractivity contribution is 6.30. The molecule has 0 bridgehead atoms. The van der Waals surface area contributed by atoms with Crippen molar-refractivity contribution in [2.75, 3.05) is 19.7 Å². The molecule has 9 heteroatoms. The van der Waals surface area contributed by atoms with Gasteiger partial charge in [0, 0.05) is 13.0 Å². The van der Waals surface area contributed by atoms with E-state index in [0.717, 1.165) is 11.1 Å². The van der Waals surface area contributed by atoms with Gasteiger partial charge in [-0.25, -0.2) is 9.07 Å². The molecular formula is C20H19ClFN5O2. The maximum atomic E-state index is 13.5. The standard InChI is InChI=1S/C20H19ClFN5O2/c21-16-11-15(6-7-17(16)22)19-12-26(8-9-29-19)20(28)18(27-13-23-24-25-27)10-14-4-2-1-3-5-14/h1-7,11,13,18-19H,8-10,12H2. The van der Waals surface area contributed by atoms with Crippen LogP contribution in [-0.4, -0.2) is 50.7 Å². The molecule has 1 aliphatic rings. The quantitative estimate of drug-likeness (QED) is 0.640. The molecule has 4 rings (SSSR count). The molecule has 1 amide bonds. The van der Waals surface area contributed by atoms with Gasteiger partial charge in [0.2, 0.25) is 5.91 Å². The second-order valence-electron chi connectivity index (χ2n) is 6.81. The molecular weight excluding hydrogens is 397 g/mol. The predicted molar refractivity (Wildman–Crippen MR) is 104 cm³/mol. The third-order valence-electron chi connectivity index (χ3n) is 4.93. The van der Waals surface area contributed by atoms with Gasteiger partial charge in [0.25, 0.3) is 0 Å². The third kappa shape index (κ3) is 4.44. The van der Waals surface area contributed by atoms with E-state index >= 15 is 0 Å². The van der Waals surface area contributed by atoms with E-state index in [1.807, 2.05) is 30.3 Å². The minimum atomic E-state index is -0.567. The van der Waals surface area contributed by atoms with Crippen molar-refractivity contribution in [2.45, 2.75) is 18.6 Å². The average Bonchev–Trinajstić information content (AvgIpc) is 3.29. The number of halogens is 2. The van der Waals surface area contributed by atoms with Gasteiger partial charge in [-0.2, -0.15) is 0 Å². The van der Waals surface area contributed by atoms with Crippen LogP contribution in [-0.2, 0) is 16.0 Å². The molecule has 0 saturated carbocycles. The summed E-state index contributed by atoms with van der Waals surface area (Å²) in [5.41, 5.74) is 1.74. The molecule has 29 heavy (non-hydrogen) atoms. The van der Waals surface area contributed by atoms with Gasteiger partial charge >= 0.3 is 0 Å². The van der Waals surface area contributed by atoms with Crippen molar-refractivity contribution >= 4 is 17.5 Å². The van der Waals surface area contributed by atoms with Crippen molar-refractivity contribution in [3.05, 3.63) is 76.8 Å². The first-order valence-corrected chi connectivity index (χ1v) is 9.61. The molecule has 3 aromatic rings. The highest BCUT2D eigenvalue weighted by Crippen LogP contribution is 2.27. The molecule has 1 fully saturated rings. The SMILES string of the molecule is O=C(C(Cc1ccccc1)n1cnnn1)N1CCOC(c2ccc(F)c(Cl)c2)C1. The zero-order chi connectivity index (χ0) is 20.2. The van der Waals surface area contributed by atoms with Crippen LogP contribution in [0.2, 0.25) is 5.02 Å². The van der Waals surface area contributed by atoms with Crippen LogP contribution < -0.4 is 0 Å². The summed E-state index contributed by atoms with van der Waals surface area (Å²) in [7, 11) is 0. The Bertz CT molecular complexity index is 970. The van der Waals surface area contributed by atoms with Gasteiger partial charge in [-0.05, 0) is 33.7 Å². The molecule has 0 aliphatic carbocycles. The van der Waals surface area contributed by atoms with Gasteiger partial charge in [0.1, 0.15) is 24.3 Å². The number of nitrogens with zero attached hydrogens (tertiary/aromatic N) is 5. The second-order valence-corrected chi connectivity index (χ2v) is 7.22. The molecule has 0 radical (unpaired) electrons. The number of tetrazole rings is 1. The summed E-state index contributed by atoms with van der Waals surface area (Å²) in [6.07, 6.45) is 1.54. The molecule has 7 nitrogen and oxygen atoms in total. The Morgan fingerprint density at radius 2 is 2.10 bits per heavy atom. The Morgan fingerprint density at radius 3 is 2.83 bits per heavy atom. The van der Waals surface area contributed by atoms with Crippen LogP contribution in [0.4, 0.5) is 4.39 Å². The predicted octanol–water partition coefficient (Wildman–Crippen LogP) is 2.85. The lowest BCUT2D eigenvalue weighted by Crippen LogP contribution is -2.46. The number of ether oxygens (including phenoxy) is 1. The Balaban J connectivity index is 1.54. The monoisotopic (exact) mass is 415 g/mol. The first kappa shape index (κ1) is 19.5. The van der Waals surface area contributed by atoms with Gasteiger partial charge in [0.05, 0.1) is 18.2 Å². The Kier molecular flexibility index (Phi) is 5.82. The molecule has 150 valence electrons. The fourth-order valence-electron chi connectivity index (χ4n) is 3.42. The fraction of sp³-hybridized carbons (Fsp3) is 0.300. The molecule has 2 atom stereocenters. The number of hydrogen-bond acceptors (Lipinski definition) is 5. The number of benzene rings is 2. The van der Waals surface area contributed by atoms with Crippen LogP contribution in [0.3, 0.4) is 0 Å². The number of carbonyl (C=O) groups is 1. The summed E-state index contributed by atoms with van der Waals surface area (Å²) in [6, 6.07) is 13.6. The van der Waals surface area contributed by atoms with Gasteiger partial charge in [-0.15, -0.1) is 5.10 Å². The van der Waals surface area contributed by atoms with Crippen LogP contribution >= 0.6 is 11.6 Å². The van der Waals surface area contributed by atoms with E-state index in [1.165, 1.54) is 17.1 Å². The number of rotatable bonds is 5. The van der Waals surface area contributed by atoms with E-state index in [-0.39, 0.29) is 17.0 Å². The van der Waals surface area contributed by atoms with E-state index in [9.17, 15) is 9.18 Å². The van der Waals surface area contributed by atoms with Gasteiger partial charge in [-0.3, -0.25) is 4.79 Å². The zero-order valence-corrected chi connectivity index (χ0v) is 16.2. The summed E-state index contributed by atoms with van der Waals surface area (Å²) in [6.45, 7) is 1.17. The summed E-state index contributed by atoms with van der Waals surface area (Å²) in [4.78, 5) is 15.1. The Hall–Kier alpha value is -2.84. The largest absolute Gasteiger partial charge is 0.370 e. The van der Waals surface area contributed by atoms with Crippen LogP contribution in [0.15, 0.2) is 54.9 Å². The van der Waals surface area contributed by atoms with Crippen LogP contribution in [0.1, 0.15) is 23.3 Å². The van der Waals surface area contributed by atoms with Gasteiger partial charge < -0.3 is 9.64 Å². The average molecular weight is 416 g/mol. The minimum absolute atomic E-state index is 0.0326. The van der Waals surface area contributed by atoms with Gasteiger partial charge in [0.15, 0.2) is 0 Å². The van der Waals surface area contributed by atoms with E-state index in [1.54, 1.807) is 17.0 Å². The van der Waals surface area contributed by atoms with E-state index in [4.69, 9.17) is 16.3 Å². The first-order valence-electron chi connectivity index (χ1n) is 9.23. The lowest BCUT2D eigenvalue weighted by Gasteiger charge is -2.35. The number of hydrogen-bond donors (Lipinski definition) is 0. The van der Waals surface area contributed by atoms with Crippen molar-refractivity contribution < 1.29 is 13.9 Å². The van der Waals surface area contributed by atoms with Crippen molar-refractivity contribution in [1.82, 2.24) is 25.1 Å².